The lowest BCUT2D eigenvalue weighted by Gasteiger charge is -2.13. The van der Waals surface area contributed by atoms with Crippen molar-refractivity contribution in [1.82, 2.24) is 9.55 Å². The SMILES string of the molecule is CCc1nc2ccccc2c(=O)n1-c1ccc(NC(=O)O)cc1. The number of carbonyl (C=O) groups is 1. The highest BCUT2D eigenvalue weighted by Gasteiger charge is 2.11. The van der Waals surface area contributed by atoms with Crippen LogP contribution >= 0.6 is 0 Å². The number of carboxylic acid groups (broad SMARTS) is 1. The van der Waals surface area contributed by atoms with Crippen LogP contribution in [0, 0.1) is 0 Å². The van der Waals surface area contributed by atoms with Crippen molar-refractivity contribution >= 4 is 22.7 Å². The zero-order chi connectivity index (χ0) is 16.4. The first-order chi connectivity index (χ1) is 11.1. The van der Waals surface area contributed by atoms with Gasteiger partial charge in [0.05, 0.1) is 16.6 Å². The highest BCUT2D eigenvalue weighted by Crippen LogP contribution is 2.16. The Morgan fingerprint density at radius 1 is 1.17 bits per heavy atom. The quantitative estimate of drug-likeness (QED) is 0.779. The highest BCUT2D eigenvalue weighted by molar-refractivity contribution is 5.83. The molecule has 23 heavy (non-hydrogen) atoms. The van der Waals surface area contributed by atoms with Crippen molar-refractivity contribution in [3.63, 3.8) is 0 Å². The van der Waals surface area contributed by atoms with Gasteiger partial charge >= 0.3 is 6.09 Å². The molecule has 3 rings (SSSR count). The zero-order valence-corrected chi connectivity index (χ0v) is 12.5. The van der Waals surface area contributed by atoms with Crippen molar-refractivity contribution in [2.45, 2.75) is 13.3 Å². The fourth-order valence-corrected chi connectivity index (χ4v) is 2.50. The Balaban J connectivity index is 2.17. The Morgan fingerprint density at radius 3 is 2.52 bits per heavy atom. The molecule has 0 radical (unpaired) electrons. The van der Waals surface area contributed by atoms with Crippen molar-refractivity contribution in [2.75, 3.05) is 5.32 Å². The predicted molar refractivity (Wildman–Crippen MR) is 88.4 cm³/mol. The number of para-hydroxylation sites is 1. The maximum atomic E-state index is 12.8. The second-order valence-corrected chi connectivity index (χ2v) is 5.02. The fourth-order valence-electron chi connectivity index (χ4n) is 2.50. The van der Waals surface area contributed by atoms with Crippen LogP contribution in [0.5, 0.6) is 0 Å². The van der Waals surface area contributed by atoms with E-state index in [9.17, 15) is 9.59 Å². The van der Waals surface area contributed by atoms with Crippen LogP contribution in [-0.2, 0) is 6.42 Å². The maximum Gasteiger partial charge on any atom is 0.409 e. The number of benzene rings is 2. The molecule has 0 aliphatic rings. The van der Waals surface area contributed by atoms with Crippen molar-refractivity contribution < 1.29 is 9.90 Å². The van der Waals surface area contributed by atoms with Gasteiger partial charge in [-0.1, -0.05) is 19.1 Å². The number of aryl methyl sites for hydroxylation is 1. The van der Waals surface area contributed by atoms with E-state index >= 15 is 0 Å². The van der Waals surface area contributed by atoms with E-state index in [1.54, 1.807) is 41.0 Å². The molecule has 1 aromatic heterocycles. The minimum absolute atomic E-state index is 0.133. The molecule has 0 atom stereocenters. The second-order valence-electron chi connectivity index (χ2n) is 5.02. The van der Waals surface area contributed by atoms with Gasteiger partial charge in [-0.25, -0.2) is 9.78 Å². The van der Waals surface area contributed by atoms with Gasteiger partial charge in [0.2, 0.25) is 0 Å². The van der Waals surface area contributed by atoms with Crippen molar-refractivity contribution in [2.24, 2.45) is 0 Å². The standard InChI is InChI=1S/C17H15N3O3/c1-2-15-19-14-6-4-3-5-13(14)16(21)20(15)12-9-7-11(8-10-12)18-17(22)23/h3-10,18H,2H2,1H3,(H,22,23). The van der Waals surface area contributed by atoms with Crippen LogP contribution in [0.2, 0.25) is 0 Å². The minimum atomic E-state index is -1.13. The van der Waals surface area contributed by atoms with E-state index < -0.39 is 6.09 Å². The third-order valence-electron chi connectivity index (χ3n) is 3.54. The molecule has 0 bridgehead atoms. The lowest BCUT2D eigenvalue weighted by Crippen LogP contribution is -2.23. The third kappa shape index (κ3) is 2.78. The molecule has 2 aromatic carbocycles. The van der Waals surface area contributed by atoms with Gasteiger partial charge in [-0.3, -0.25) is 14.7 Å². The Labute approximate surface area is 132 Å². The average Bonchev–Trinajstić information content (AvgIpc) is 2.55. The first kappa shape index (κ1) is 14.8. The molecule has 1 amide bonds. The summed E-state index contributed by atoms with van der Waals surface area (Å²) in [4.78, 5) is 28.0. The van der Waals surface area contributed by atoms with Gasteiger partial charge in [0.1, 0.15) is 5.82 Å². The van der Waals surface area contributed by atoms with Gasteiger partial charge < -0.3 is 5.11 Å². The summed E-state index contributed by atoms with van der Waals surface area (Å²) >= 11 is 0. The van der Waals surface area contributed by atoms with E-state index in [-0.39, 0.29) is 5.56 Å². The van der Waals surface area contributed by atoms with Crippen LogP contribution < -0.4 is 10.9 Å². The molecule has 116 valence electrons. The molecule has 2 N–H and O–H groups in total. The lowest BCUT2D eigenvalue weighted by molar-refractivity contribution is 0.210. The van der Waals surface area contributed by atoms with Crippen LogP contribution in [0.4, 0.5) is 10.5 Å². The number of fused-ring (bicyclic) bond motifs is 1. The van der Waals surface area contributed by atoms with Gasteiger partial charge in [-0.2, -0.15) is 0 Å². The lowest BCUT2D eigenvalue weighted by atomic mass is 10.2. The summed E-state index contributed by atoms with van der Waals surface area (Å²) in [5.74, 6) is 0.660. The van der Waals surface area contributed by atoms with Crippen molar-refractivity contribution in [3.05, 3.63) is 64.7 Å². The summed E-state index contributed by atoms with van der Waals surface area (Å²) in [5.41, 5.74) is 1.64. The van der Waals surface area contributed by atoms with Gasteiger partial charge in [0.15, 0.2) is 0 Å². The second kappa shape index (κ2) is 5.92. The number of hydrogen-bond acceptors (Lipinski definition) is 3. The van der Waals surface area contributed by atoms with Crippen LogP contribution in [0.25, 0.3) is 16.6 Å². The van der Waals surface area contributed by atoms with Gasteiger partial charge in [0, 0.05) is 12.1 Å². The van der Waals surface area contributed by atoms with Crippen LogP contribution in [0.3, 0.4) is 0 Å². The number of nitrogens with zero attached hydrogens (tertiary/aromatic N) is 2. The highest BCUT2D eigenvalue weighted by atomic mass is 16.4. The molecule has 0 aliphatic heterocycles. The first-order valence-electron chi connectivity index (χ1n) is 7.21. The van der Waals surface area contributed by atoms with E-state index in [4.69, 9.17) is 5.11 Å². The molecule has 0 saturated carbocycles. The summed E-state index contributed by atoms with van der Waals surface area (Å²) in [6, 6.07) is 13.9. The summed E-state index contributed by atoms with van der Waals surface area (Å²) in [5, 5.41) is 11.5. The smallest absolute Gasteiger partial charge is 0.409 e. The van der Waals surface area contributed by atoms with Crippen LogP contribution in [0.15, 0.2) is 53.3 Å². The third-order valence-corrected chi connectivity index (χ3v) is 3.54. The fraction of sp³-hybridized carbons (Fsp3) is 0.118. The Hall–Kier alpha value is -3.15. The first-order valence-corrected chi connectivity index (χ1v) is 7.21. The number of hydrogen-bond donors (Lipinski definition) is 2. The van der Waals surface area contributed by atoms with Gasteiger partial charge in [-0.15, -0.1) is 0 Å². The number of rotatable bonds is 3. The van der Waals surface area contributed by atoms with E-state index in [1.807, 2.05) is 19.1 Å². The normalized spacial score (nSPS) is 10.7. The largest absolute Gasteiger partial charge is 0.465 e. The molecule has 0 fully saturated rings. The zero-order valence-electron chi connectivity index (χ0n) is 12.5. The Morgan fingerprint density at radius 2 is 1.87 bits per heavy atom. The number of aromatic nitrogens is 2. The van der Waals surface area contributed by atoms with E-state index in [1.165, 1.54) is 0 Å². The van der Waals surface area contributed by atoms with Gasteiger partial charge in [-0.05, 0) is 36.4 Å². The topological polar surface area (TPSA) is 84.2 Å². The molecule has 1 heterocycles. The summed E-state index contributed by atoms with van der Waals surface area (Å²) in [6.45, 7) is 1.94. The molecular formula is C17H15N3O3. The number of nitrogens with one attached hydrogen (secondary N) is 1. The Kier molecular flexibility index (Phi) is 3.80. The summed E-state index contributed by atoms with van der Waals surface area (Å²) < 4.78 is 1.56. The number of anilines is 1. The van der Waals surface area contributed by atoms with Crippen LogP contribution in [0.1, 0.15) is 12.7 Å². The predicted octanol–water partition coefficient (Wildman–Crippen LogP) is 3.04. The monoisotopic (exact) mass is 309 g/mol. The minimum Gasteiger partial charge on any atom is -0.465 e. The molecule has 0 unspecified atom stereocenters. The van der Waals surface area contributed by atoms with E-state index in [2.05, 4.69) is 10.3 Å². The maximum absolute atomic E-state index is 12.8. The molecule has 3 aromatic rings. The van der Waals surface area contributed by atoms with E-state index in [0.717, 1.165) is 0 Å². The average molecular weight is 309 g/mol. The Bertz CT molecular complexity index is 930. The molecule has 6 nitrogen and oxygen atoms in total. The molecule has 6 heteroatoms. The van der Waals surface area contributed by atoms with Crippen molar-refractivity contribution in [3.8, 4) is 5.69 Å². The van der Waals surface area contributed by atoms with E-state index in [0.29, 0.717) is 34.5 Å². The summed E-state index contributed by atoms with van der Waals surface area (Å²) in [7, 11) is 0. The molecular weight excluding hydrogens is 294 g/mol. The molecule has 0 spiro atoms. The van der Waals surface area contributed by atoms with Crippen LogP contribution in [-0.4, -0.2) is 20.8 Å². The van der Waals surface area contributed by atoms with Gasteiger partial charge in [0.25, 0.3) is 5.56 Å². The molecule has 0 saturated heterocycles. The summed E-state index contributed by atoms with van der Waals surface area (Å²) in [6.07, 6.45) is -0.522. The van der Waals surface area contributed by atoms with Crippen molar-refractivity contribution in [1.29, 1.82) is 0 Å². The number of amides is 1. The molecule has 0 aliphatic carbocycles.